The van der Waals surface area contributed by atoms with E-state index in [4.69, 9.17) is 4.42 Å². The fourth-order valence-corrected chi connectivity index (χ4v) is 2.09. The maximum atomic E-state index is 11.4. The van der Waals surface area contributed by atoms with Crippen molar-refractivity contribution in [2.45, 2.75) is 0 Å². The molecule has 5 heteroatoms. The van der Waals surface area contributed by atoms with Gasteiger partial charge in [0.25, 0.3) is 0 Å². The van der Waals surface area contributed by atoms with Gasteiger partial charge >= 0.3 is 5.63 Å². The Morgan fingerprint density at radius 3 is 2.55 bits per heavy atom. The van der Waals surface area contributed by atoms with Crippen LogP contribution in [0.3, 0.4) is 0 Å². The first-order chi connectivity index (χ1) is 9.63. The number of H-pyrrole nitrogens is 1. The number of hydrogen-bond donors (Lipinski definition) is 1. The van der Waals surface area contributed by atoms with Gasteiger partial charge in [0.15, 0.2) is 0 Å². The van der Waals surface area contributed by atoms with E-state index >= 15 is 0 Å². The van der Waals surface area contributed by atoms with Gasteiger partial charge in [0.05, 0.1) is 10.6 Å². The molecule has 0 aliphatic heterocycles. The van der Waals surface area contributed by atoms with Crippen molar-refractivity contribution in [2.24, 2.45) is 0 Å². The molecule has 0 saturated heterocycles. The lowest BCUT2D eigenvalue weighted by atomic mass is 10.2. The van der Waals surface area contributed by atoms with Crippen molar-refractivity contribution in [3.8, 4) is 11.3 Å². The molecule has 0 aliphatic carbocycles. The number of furan rings is 1. The van der Waals surface area contributed by atoms with Crippen LogP contribution in [0.1, 0.15) is 5.76 Å². The van der Waals surface area contributed by atoms with Crippen molar-refractivity contribution < 1.29 is 8.94 Å². The van der Waals surface area contributed by atoms with Gasteiger partial charge < -0.3 is 8.94 Å². The molecule has 0 fully saturated rings. The van der Waals surface area contributed by atoms with Gasteiger partial charge in [0.2, 0.25) is 0 Å². The molecule has 3 aromatic rings. The highest BCUT2D eigenvalue weighted by Gasteiger charge is 2.04. The third kappa shape index (κ3) is 2.40. The largest absolute Gasteiger partial charge is 0.457 e. The van der Waals surface area contributed by atoms with Crippen LogP contribution in [0.4, 0.5) is 0 Å². The fraction of sp³-hybridized carbons (Fsp3) is 0. The summed E-state index contributed by atoms with van der Waals surface area (Å²) in [6.07, 6.45) is 1.60. The molecule has 2 heterocycles. The highest BCUT2D eigenvalue weighted by molar-refractivity contribution is 9.10. The monoisotopic (exact) mass is 331 g/mol. The zero-order valence-corrected chi connectivity index (χ0v) is 11.9. The second kappa shape index (κ2) is 5.02. The molecule has 3 rings (SSSR count). The summed E-state index contributed by atoms with van der Waals surface area (Å²) in [7, 11) is 0. The second-order valence-corrected chi connectivity index (χ2v) is 5.15. The molecule has 20 heavy (non-hydrogen) atoms. The molecule has 1 N–H and O–H groups in total. The van der Waals surface area contributed by atoms with E-state index in [1.54, 1.807) is 12.1 Å². The molecule has 1 aromatic carbocycles. The lowest BCUT2D eigenvalue weighted by Crippen LogP contribution is -2.31. The van der Waals surface area contributed by atoms with Gasteiger partial charge in [0.1, 0.15) is 11.5 Å². The Balaban J connectivity index is 2.03. The topological polar surface area (TPSA) is 59.1 Å². The van der Waals surface area contributed by atoms with Gasteiger partial charge in [-0.2, -0.15) is 0 Å². The number of benzene rings is 1. The van der Waals surface area contributed by atoms with E-state index in [1.807, 2.05) is 30.3 Å². The molecule has 0 aliphatic rings. The highest BCUT2D eigenvalue weighted by Crippen LogP contribution is 2.24. The lowest BCUT2D eigenvalue weighted by Gasteiger charge is -1.96. The van der Waals surface area contributed by atoms with Crippen LogP contribution in [-0.4, -0.2) is 5.16 Å². The van der Waals surface area contributed by atoms with Crippen molar-refractivity contribution in [3.05, 3.63) is 67.6 Å². The minimum atomic E-state index is -0.461. The van der Waals surface area contributed by atoms with Crippen molar-refractivity contribution in [1.82, 2.24) is 5.16 Å². The summed E-state index contributed by atoms with van der Waals surface area (Å²) >= 11 is 3.39. The van der Waals surface area contributed by atoms with Crippen LogP contribution >= 0.6 is 15.9 Å². The van der Waals surface area contributed by atoms with Crippen LogP contribution in [0.2, 0.25) is 0 Å². The molecular weight excluding hydrogens is 322 g/mol. The van der Waals surface area contributed by atoms with E-state index in [0.717, 1.165) is 15.8 Å². The zero-order valence-electron chi connectivity index (χ0n) is 10.4. The molecule has 0 amide bonds. The number of aromatic amines is 1. The molecule has 0 unspecified atom stereocenters. The molecule has 4 nitrogen and oxygen atoms in total. The van der Waals surface area contributed by atoms with E-state index in [1.165, 1.54) is 0 Å². The summed E-state index contributed by atoms with van der Waals surface area (Å²) < 4.78 is 11.4. The number of nitrogens with one attached hydrogen (secondary N) is 1. The van der Waals surface area contributed by atoms with Crippen LogP contribution in [0.25, 0.3) is 24.0 Å². The average Bonchev–Trinajstić information content (AvgIpc) is 3.02. The Morgan fingerprint density at radius 1 is 1.15 bits per heavy atom. The average molecular weight is 332 g/mol. The first-order valence-electron chi connectivity index (χ1n) is 5.87. The molecule has 100 valence electrons. The fourth-order valence-electron chi connectivity index (χ4n) is 1.83. The maximum Gasteiger partial charge on any atom is 0.365 e. The summed E-state index contributed by atoms with van der Waals surface area (Å²) in [5, 5.41) is 3.22. The van der Waals surface area contributed by atoms with Gasteiger partial charge in [-0.3, -0.25) is 0 Å². The van der Waals surface area contributed by atoms with Crippen molar-refractivity contribution in [1.29, 1.82) is 0 Å². The van der Waals surface area contributed by atoms with Gasteiger partial charge in [-0.15, -0.1) is 0 Å². The second-order valence-electron chi connectivity index (χ2n) is 4.24. The Kier molecular flexibility index (Phi) is 3.20. The first-order valence-corrected chi connectivity index (χ1v) is 6.67. The standard InChI is InChI=1S/C15H10BrNO3/c1-9-13(15(18)20-17-9)8-12-6-7-14(19-12)10-2-4-11(16)5-3-10/h2-8,17H,1H2. The summed E-state index contributed by atoms with van der Waals surface area (Å²) in [4.78, 5) is 11.4. The molecule has 0 spiro atoms. The van der Waals surface area contributed by atoms with E-state index in [-0.39, 0.29) is 0 Å². The van der Waals surface area contributed by atoms with Crippen molar-refractivity contribution >= 4 is 28.6 Å². The summed E-state index contributed by atoms with van der Waals surface area (Å²) in [6.45, 7) is 3.68. The van der Waals surface area contributed by atoms with Gasteiger partial charge in [0, 0.05) is 10.0 Å². The number of aromatic nitrogens is 1. The summed E-state index contributed by atoms with van der Waals surface area (Å²) in [6, 6.07) is 11.4. The Morgan fingerprint density at radius 2 is 1.90 bits per heavy atom. The maximum absolute atomic E-state index is 11.4. The lowest BCUT2D eigenvalue weighted by molar-refractivity contribution is 0.386. The number of halogens is 1. The molecule has 0 saturated carbocycles. The van der Waals surface area contributed by atoms with Crippen molar-refractivity contribution in [3.63, 3.8) is 0 Å². The van der Waals surface area contributed by atoms with Gasteiger partial charge in [-0.05, 0) is 30.3 Å². The Bertz CT molecular complexity index is 869. The normalized spacial score (nSPS) is 11.9. The quantitative estimate of drug-likeness (QED) is 0.783. The third-order valence-corrected chi connectivity index (χ3v) is 3.38. The zero-order chi connectivity index (χ0) is 14.1. The summed E-state index contributed by atoms with van der Waals surface area (Å²) in [5.74, 6) is 1.30. The summed E-state index contributed by atoms with van der Waals surface area (Å²) in [5.41, 5.74) is 0.500. The molecule has 2 aromatic heterocycles. The van der Waals surface area contributed by atoms with E-state index in [9.17, 15) is 4.79 Å². The molecule has 0 bridgehead atoms. The Labute approximate surface area is 122 Å². The van der Waals surface area contributed by atoms with Gasteiger partial charge in [-0.25, -0.2) is 9.95 Å². The van der Waals surface area contributed by atoms with Gasteiger partial charge in [-0.1, -0.05) is 34.6 Å². The number of hydrogen-bond acceptors (Lipinski definition) is 3. The molecule has 0 atom stereocenters. The van der Waals surface area contributed by atoms with Crippen molar-refractivity contribution in [2.75, 3.05) is 0 Å². The predicted octanol–water partition coefficient (Wildman–Crippen LogP) is 2.23. The van der Waals surface area contributed by atoms with Crippen LogP contribution < -0.4 is 16.2 Å². The van der Waals surface area contributed by atoms with Crippen LogP contribution in [0, 0.1) is 0 Å². The smallest absolute Gasteiger partial charge is 0.365 e. The van der Waals surface area contributed by atoms with Crippen LogP contribution in [0.15, 0.2) is 54.6 Å². The third-order valence-electron chi connectivity index (χ3n) is 2.85. The van der Waals surface area contributed by atoms with E-state index in [2.05, 4.69) is 32.2 Å². The SMILES string of the molecule is C=c1[nH]oc(=O)c1=Cc1ccc(-c2ccc(Br)cc2)o1. The van der Waals surface area contributed by atoms with E-state index < -0.39 is 5.63 Å². The molecular formula is C15H10BrNO3. The minimum Gasteiger partial charge on any atom is -0.457 e. The highest BCUT2D eigenvalue weighted by atomic mass is 79.9. The Hall–Kier alpha value is -2.27. The van der Waals surface area contributed by atoms with Crippen LogP contribution in [0.5, 0.6) is 0 Å². The predicted molar refractivity (Wildman–Crippen MR) is 79.5 cm³/mol. The minimum absolute atomic E-state index is 0.363. The van der Waals surface area contributed by atoms with Crippen LogP contribution in [-0.2, 0) is 0 Å². The number of rotatable bonds is 2. The van der Waals surface area contributed by atoms with E-state index in [0.29, 0.717) is 16.3 Å². The molecule has 0 radical (unpaired) electrons. The first kappa shape index (κ1) is 12.7.